The first-order valence-electron chi connectivity index (χ1n) is 7.68. The van der Waals surface area contributed by atoms with Crippen molar-refractivity contribution in [2.24, 2.45) is 0 Å². The summed E-state index contributed by atoms with van der Waals surface area (Å²) < 4.78 is 0. The van der Waals surface area contributed by atoms with Crippen LogP contribution in [-0.4, -0.2) is 22.6 Å². The van der Waals surface area contributed by atoms with E-state index in [2.05, 4.69) is 45.3 Å². The summed E-state index contributed by atoms with van der Waals surface area (Å²) in [6, 6.07) is 11.0. The molecule has 3 rings (SSSR count). The highest BCUT2D eigenvalue weighted by Crippen LogP contribution is 2.20. The molecule has 0 bridgehead atoms. The van der Waals surface area contributed by atoms with Crippen molar-refractivity contribution in [1.82, 2.24) is 15.3 Å². The summed E-state index contributed by atoms with van der Waals surface area (Å²) in [6.07, 6.45) is 6.38. The number of rotatable bonds is 7. The Balaban J connectivity index is 1.68. The van der Waals surface area contributed by atoms with Gasteiger partial charge in [-0.1, -0.05) is 6.07 Å². The van der Waals surface area contributed by atoms with Crippen molar-refractivity contribution in [1.29, 1.82) is 0 Å². The van der Waals surface area contributed by atoms with E-state index in [4.69, 9.17) is 0 Å². The summed E-state index contributed by atoms with van der Waals surface area (Å²) in [5, 5.41) is 3.55. The van der Waals surface area contributed by atoms with Crippen LogP contribution in [0.15, 0.2) is 42.7 Å². The minimum Gasteiger partial charge on any atom is -0.351 e. The van der Waals surface area contributed by atoms with E-state index < -0.39 is 0 Å². The van der Waals surface area contributed by atoms with Gasteiger partial charge in [-0.15, -0.1) is 0 Å². The summed E-state index contributed by atoms with van der Waals surface area (Å²) in [6.45, 7) is 4.80. The molecule has 4 nitrogen and oxygen atoms in total. The summed E-state index contributed by atoms with van der Waals surface area (Å²) in [5.74, 6) is 1.03. The number of hydrogen-bond acceptors (Lipinski definition) is 4. The maximum Gasteiger partial charge on any atom is 0.129 e. The molecule has 0 atom stereocenters. The third-order valence-corrected chi connectivity index (χ3v) is 3.77. The van der Waals surface area contributed by atoms with Gasteiger partial charge in [-0.2, -0.15) is 0 Å². The Hall–Kier alpha value is -1.94. The van der Waals surface area contributed by atoms with Crippen molar-refractivity contribution >= 4 is 5.82 Å². The van der Waals surface area contributed by atoms with Crippen LogP contribution in [-0.2, 0) is 13.1 Å². The molecule has 0 aromatic carbocycles. The molecule has 1 fully saturated rings. The van der Waals surface area contributed by atoms with Gasteiger partial charge in [-0.05, 0) is 49.6 Å². The van der Waals surface area contributed by atoms with E-state index in [-0.39, 0.29) is 0 Å². The molecule has 0 unspecified atom stereocenters. The molecule has 1 aliphatic rings. The summed E-state index contributed by atoms with van der Waals surface area (Å²) in [4.78, 5) is 11.2. The van der Waals surface area contributed by atoms with E-state index in [1.54, 1.807) is 0 Å². The van der Waals surface area contributed by atoms with Crippen molar-refractivity contribution in [3.8, 4) is 0 Å². The molecule has 0 amide bonds. The van der Waals surface area contributed by atoms with E-state index in [0.717, 1.165) is 37.2 Å². The highest BCUT2D eigenvalue weighted by molar-refractivity contribution is 5.41. The second kappa shape index (κ2) is 6.68. The lowest BCUT2D eigenvalue weighted by atomic mass is 10.2. The topological polar surface area (TPSA) is 41.1 Å². The normalized spacial score (nSPS) is 14.1. The van der Waals surface area contributed by atoms with E-state index in [9.17, 15) is 0 Å². The van der Waals surface area contributed by atoms with Crippen LogP contribution in [0.5, 0.6) is 0 Å². The average Bonchev–Trinajstić information content (AvgIpc) is 3.36. The smallest absolute Gasteiger partial charge is 0.129 e. The summed E-state index contributed by atoms with van der Waals surface area (Å²) >= 11 is 0. The van der Waals surface area contributed by atoms with Crippen molar-refractivity contribution < 1.29 is 0 Å². The van der Waals surface area contributed by atoms with Gasteiger partial charge in [0.15, 0.2) is 0 Å². The Kier molecular flexibility index (Phi) is 4.46. The molecular weight excluding hydrogens is 260 g/mol. The quantitative estimate of drug-likeness (QED) is 0.848. The number of nitrogens with zero attached hydrogens (tertiary/aromatic N) is 3. The molecule has 110 valence electrons. The van der Waals surface area contributed by atoms with Crippen LogP contribution >= 0.6 is 0 Å². The van der Waals surface area contributed by atoms with Gasteiger partial charge in [0.05, 0.1) is 12.2 Å². The molecule has 4 heteroatoms. The zero-order valence-electron chi connectivity index (χ0n) is 12.5. The van der Waals surface area contributed by atoms with Crippen molar-refractivity contribution in [3.05, 3.63) is 54.0 Å². The van der Waals surface area contributed by atoms with Crippen molar-refractivity contribution in [2.45, 2.75) is 38.9 Å². The Bertz CT molecular complexity index is 566. The Morgan fingerprint density at radius 2 is 2.10 bits per heavy atom. The molecule has 2 aromatic heterocycles. The van der Waals surface area contributed by atoms with Gasteiger partial charge in [-0.3, -0.25) is 4.98 Å². The molecule has 0 spiro atoms. The first-order chi connectivity index (χ1) is 10.3. The molecule has 1 saturated carbocycles. The minimum atomic E-state index is 0.734. The Morgan fingerprint density at radius 3 is 2.81 bits per heavy atom. The average molecular weight is 282 g/mol. The SMILES string of the molecule is CCN(Cc1ccccn1)c1cc(CNC2CC2)ccn1. The molecule has 2 heterocycles. The lowest BCUT2D eigenvalue weighted by Gasteiger charge is -2.22. The molecular formula is C17H22N4. The fraction of sp³-hybridized carbons (Fsp3) is 0.412. The minimum absolute atomic E-state index is 0.734. The van der Waals surface area contributed by atoms with Crippen LogP contribution in [0.3, 0.4) is 0 Å². The standard InChI is InChI=1S/C17H22N4/c1-2-21(13-16-5-3-4-9-18-16)17-11-14(8-10-19-17)12-20-15-6-7-15/h3-5,8-11,15,20H,2,6-7,12-13H2,1H3. The number of hydrogen-bond donors (Lipinski definition) is 1. The van der Waals surface area contributed by atoms with Gasteiger partial charge < -0.3 is 10.2 Å². The van der Waals surface area contributed by atoms with Gasteiger partial charge in [0.2, 0.25) is 0 Å². The number of anilines is 1. The van der Waals surface area contributed by atoms with E-state index >= 15 is 0 Å². The first kappa shape index (κ1) is 14.0. The van der Waals surface area contributed by atoms with Crippen molar-refractivity contribution in [2.75, 3.05) is 11.4 Å². The number of nitrogens with one attached hydrogen (secondary N) is 1. The zero-order chi connectivity index (χ0) is 14.5. The molecule has 1 aliphatic carbocycles. The largest absolute Gasteiger partial charge is 0.351 e. The summed E-state index contributed by atoms with van der Waals surface area (Å²) in [7, 11) is 0. The van der Waals surface area contributed by atoms with Crippen LogP contribution in [0.25, 0.3) is 0 Å². The third-order valence-electron chi connectivity index (χ3n) is 3.77. The third kappa shape index (κ3) is 4.02. The highest BCUT2D eigenvalue weighted by atomic mass is 15.2. The van der Waals surface area contributed by atoms with Gasteiger partial charge >= 0.3 is 0 Å². The number of pyridine rings is 2. The molecule has 1 N–H and O–H groups in total. The zero-order valence-corrected chi connectivity index (χ0v) is 12.5. The molecule has 21 heavy (non-hydrogen) atoms. The van der Waals surface area contributed by atoms with Gasteiger partial charge in [0, 0.05) is 31.5 Å². The maximum absolute atomic E-state index is 4.52. The number of aromatic nitrogens is 2. The van der Waals surface area contributed by atoms with E-state index in [1.165, 1.54) is 18.4 Å². The lowest BCUT2D eigenvalue weighted by Crippen LogP contribution is -2.24. The van der Waals surface area contributed by atoms with Crippen LogP contribution in [0.2, 0.25) is 0 Å². The molecule has 2 aromatic rings. The van der Waals surface area contributed by atoms with Crippen LogP contribution in [0.1, 0.15) is 31.0 Å². The highest BCUT2D eigenvalue weighted by Gasteiger charge is 2.20. The van der Waals surface area contributed by atoms with Gasteiger partial charge in [-0.25, -0.2) is 4.98 Å². The molecule has 0 saturated heterocycles. The molecule has 0 aliphatic heterocycles. The second-order valence-electron chi connectivity index (χ2n) is 5.51. The maximum atomic E-state index is 4.52. The molecule has 0 radical (unpaired) electrons. The lowest BCUT2D eigenvalue weighted by molar-refractivity contribution is 0.686. The van der Waals surface area contributed by atoms with Crippen LogP contribution < -0.4 is 10.2 Å². The Labute approximate surface area is 126 Å². The van der Waals surface area contributed by atoms with Gasteiger partial charge in [0.1, 0.15) is 5.82 Å². The summed E-state index contributed by atoms with van der Waals surface area (Å²) in [5.41, 5.74) is 2.37. The predicted molar refractivity (Wildman–Crippen MR) is 85.1 cm³/mol. The van der Waals surface area contributed by atoms with Crippen LogP contribution in [0.4, 0.5) is 5.82 Å². The van der Waals surface area contributed by atoms with Crippen LogP contribution in [0, 0.1) is 0 Å². The van der Waals surface area contributed by atoms with Crippen molar-refractivity contribution in [3.63, 3.8) is 0 Å². The fourth-order valence-corrected chi connectivity index (χ4v) is 2.34. The Morgan fingerprint density at radius 1 is 1.19 bits per heavy atom. The van der Waals surface area contributed by atoms with E-state index in [1.807, 2.05) is 24.5 Å². The fourth-order valence-electron chi connectivity index (χ4n) is 2.34. The second-order valence-corrected chi connectivity index (χ2v) is 5.51. The van der Waals surface area contributed by atoms with Gasteiger partial charge in [0.25, 0.3) is 0 Å². The predicted octanol–water partition coefficient (Wildman–Crippen LogP) is 2.76. The monoisotopic (exact) mass is 282 g/mol. The van der Waals surface area contributed by atoms with E-state index in [0.29, 0.717) is 0 Å². The first-order valence-corrected chi connectivity index (χ1v) is 7.68.